The van der Waals surface area contributed by atoms with E-state index in [1.807, 2.05) is 35.2 Å². The Morgan fingerprint density at radius 1 is 1.10 bits per heavy atom. The van der Waals surface area contributed by atoms with E-state index in [9.17, 15) is 14.9 Å². The van der Waals surface area contributed by atoms with Crippen LogP contribution in [0, 0.1) is 10.1 Å². The molecule has 1 amide bonds. The first-order valence-corrected chi connectivity index (χ1v) is 10.6. The molecule has 4 rings (SSSR count). The van der Waals surface area contributed by atoms with Crippen LogP contribution in [0.25, 0.3) is 11.4 Å². The van der Waals surface area contributed by atoms with Crippen LogP contribution in [0.1, 0.15) is 48.4 Å². The van der Waals surface area contributed by atoms with E-state index in [4.69, 9.17) is 4.52 Å². The number of rotatable bonds is 7. The zero-order valence-electron chi connectivity index (χ0n) is 17.1. The van der Waals surface area contributed by atoms with Gasteiger partial charge >= 0.3 is 0 Å². The van der Waals surface area contributed by atoms with E-state index >= 15 is 0 Å². The Labute approximate surface area is 180 Å². The summed E-state index contributed by atoms with van der Waals surface area (Å²) in [7, 11) is 0. The average molecular weight is 420 g/mol. The van der Waals surface area contributed by atoms with Crippen molar-refractivity contribution in [1.82, 2.24) is 15.0 Å². The first-order chi connectivity index (χ1) is 15.1. The van der Waals surface area contributed by atoms with E-state index in [0.717, 1.165) is 25.7 Å². The lowest BCUT2D eigenvalue weighted by Crippen LogP contribution is -2.42. The van der Waals surface area contributed by atoms with Crippen LogP contribution in [-0.2, 0) is 6.42 Å². The molecule has 1 fully saturated rings. The molecule has 0 saturated heterocycles. The van der Waals surface area contributed by atoms with Gasteiger partial charge in [0.1, 0.15) is 0 Å². The summed E-state index contributed by atoms with van der Waals surface area (Å²) in [5.41, 5.74) is 1.17. The van der Waals surface area contributed by atoms with Crippen LogP contribution in [0.15, 0.2) is 59.1 Å². The van der Waals surface area contributed by atoms with Crippen LogP contribution in [0.3, 0.4) is 0 Å². The maximum Gasteiger partial charge on any atom is 0.270 e. The molecule has 1 aliphatic carbocycles. The van der Waals surface area contributed by atoms with Gasteiger partial charge in [-0.3, -0.25) is 14.9 Å². The number of benzene rings is 2. The maximum absolute atomic E-state index is 13.2. The molecule has 1 aromatic heterocycles. The molecule has 0 bridgehead atoms. The summed E-state index contributed by atoms with van der Waals surface area (Å²) in [6.45, 7) is 0.481. The summed E-state index contributed by atoms with van der Waals surface area (Å²) >= 11 is 0. The third kappa shape index (κ3) is 4.96. The van der Waals surface area contributed by atoms with E-state index in [1.54, 1.807) is 12.1 Å². The summed E-state index contributed by atoms with van der Waals surface area (Å²) in [6.07, 6.45) is 5.89. The van der Waals surface area contributed by atoms with Crippen molar-refractivity contribution in [2.24, 2.45) is 0 Å². The average Bonchev–Trinajstić information content (AvgIpc) is 3.29. The molecule has 160 valence electrons. The highest BCUT2D eigenvalue weighted by Gasteiger charge is 2.26. The normalized spacial score (nSPS) is 14.3. The minimum atomic E-state index is -0.457. The molecule has 31 heavy (non-hydrogen) atoms. The SMILES string of the molecule is O=C(c1ccccc1)N(CCc1nc(-c2cccc([N+](=O)[O-])c2)no1)C1CCCCC1. The summed E-state index contributed by atoms with van der Waals surface area (Å²) in [5, 5.41) is 15.0. The van der Waals surface area contributed by atoms with Crippen molar-refractivity contribution >= 4 is 11.6 Å². The number of carbonyl (C=O) groups is 1. The lowest BCUT2D eigenvalue weighted by atomic mass is 9.93. The van der Waals surface area contributed by atoms with Crippen LogP contribution in [0.2, 0.25) is 0 Å². The zero-order chi connectivity index (χ0) is 21.6. The van der Waals surface area contributed by atoms with E-state index < -0.39 is 4.92 Å². The third-order valence-electron chi connectivity index (χ3n) is 5.65. The predicted octanol–water partition coefficient (Wildman–Crippen LogP) is 4.66. The molecule has 0 unspecified atom stereocenters. The number of carbonyl (C=O) groups excluding carboxylic acids is 1. The summed E-state index contributed by atoms with van der Waals surface area (Å²) < 4.78 is 5.37. The molecule has 0 N–H and O–H groups in total. The van der Waals surface area contributed by atoms with Gasteiger partial charge in [0, 0.05) is 42.3 Å². The van der Waals surface area contributed by atoms with Gasteiger partial charge in [-0.25, -0.2) is 0 Å². The number of hydrogen-bond acceptors (Lipinski definition) is 6. The number of nitrogens with zero attached hydrogens (tertiary/aromatic N) is 4. The summed E-state index contributed by atoms with van der Waals surface area (Å²) in [4.78, 5) is 30.1. The summed E-state index contributed by atoms with van der Waals surface area (Å²) in [5.74, 6) is 0.728. The zero-order valence-corrected chi connectivity index (χ0v) is 17.1. The number of amides is 1. The smallest absolute Gasteiger partial charge is 0.270 e. The molecular weight excluding hydrogens is 396 g/mol. The van der Waals surface area contributed by atoms with Gasteiger partial charge in [0.05, 0.1) is 4.92 Å². The van der Waals surface area contributed by atoms with Gasteiger partial charge in [-0.2, -0.15) is 4.98 Å². The molecule has 1 heterocycles. The van der Waals surface area contributed by atoms with Crippen molar-refractivity contribution in [2.45, 2.75) is 44.6 Å². The number of nitro benzene ring substituents is 1. The Morgan fingerprint density at radius 2 is 1.87 bits per heavy atom. The van der Waals surface area contributed by atoms with Crippen LogP contribution in [0.4, 0.5) is 5.69 Å². The van der Waals surface area contributed by atoms with Crippen LogP contribution >= 0.6 is 0 Å². The fourth-order valence-electron chi connectivity index (χ4n) is 4.04. The lowest BCUT2D eigenvalue weighted by molar-refractivity contribution is -0.384. The van der Waals surface area contributed by atoms with Gasteiger partial charge < -0.3 is 9.42 Å². The second-order valence-corrected chi connectivity index (χ2v) is 7.73. The number of non-ortho nitro benzene ring substituents is 1. The molecule has 8 heteroatoms. The molecule has 0 aliphatic heterocycles. The molecule has 1 aliphatic rings. The molecule has 3 aromatic rings. The Hall–Kier alpha value is -3.55. The molecule has 0 spiro atoms. The largest absolute Gasteiger partial charge is 0.339 e. The van der Waals surface area contributed by atoms with Crippen molar-refractivity contribution in [3.63, 3.8) is 0 Å². The Kier molecular flexibility index (Phi) is 6.35. The molecular formula is C23H24N4O4. The number of nitro groups is 1. The fourth-order valence-corrected chi connectivity index (χ4v) is 4.04. The minimum Gasteiger partial charge on any atom is -0.339 e. The highest BCUT2D eigenvalue weighted by molar-refractivity contribution is 5.94. The van der Waals surface area contributed by atoms with Gasteiger partial charge in [-0.15, -0.1) is 0 Å². The highest BCUT2D eigenvalue weighted by atomic mass is 16.6. The Balaban J connectivity index is 1.49. The van der Waals surface area contributed by atoms with E-state index in [-0.39, 0.29) is 17.6 Å². The standard InChI is InChI=1S/C23H24N4O4/c28-23(17-8-3-1-4-9-17)26(19-11-5-2-6-12-19)15-14-21-24-22(25-31-21)18-10-7-13-20(16-18)27(29)30/h1,3-4,7-10,13,16,19H,2,5-6,11-12,14-15H2. The Bertz CT molecular complexity index is 1040. The van der Waals surface area contributed by atoms with Crippen LogP contribution < -0.4 is 0 Å². The van der Waals surface area contributed by atoms with Gasteiger partial charge in [-0.05, 0) is 25.0 Å². The van der Waals surface area contributed by atoms with Gasteiger partial charge in [0.15, 0.2) is 0 Å². The quantitative estimate of drug-likeness (QED) is 0.407. The Morgan fingerprint density at radius 3 is 2.61 bits per heavy atom. The second kappa shape index (κ2) is 9.51. The molecule has 0 radical (unpaired) electrons. The molecule has 2 aromatic carbocycles. The third-order valence-corrected chi connectivity index (χ3v) is 5.65. The van der Waals surface area contributed by atoms with Gasteiger partial charge in [0.2, 0.25) is 11.7 Å². The maximum atomic E-state index is 13.2. The summed E-state index contributed by atoms with van der Waals surface area (Å²) in [6, 6.07) is 15.7. The van der Waals surface area contributed by atoms with E-state index in [0.29, 0.717) is 35.8 Å². The van der Waals surface area contributed by atoms with Crippen molar-refractivity contribution in [3.05, 3.63) is 76.2 Å². The number of aromatic nitrogens is 2. The van der Waals surface area contributed by atoms with E-state index in [1.165, 1.54) is 18.6 Å². The van der Waals surface area contributed by atoms with Gasteiger partial charge in [0.25, 0.3) is 11.6 Å². The second-order valence-electron chi connectivity index (χ2n) is 7.73. The molecule has 8 nitrogen and oxygen atoms in total. The first-order valence-electron chi connectivity index (χ1n) is 10.6. The van der Waals surface area contributed by atoms with Crippen molar-refractivity contribution in [3.8, 4) is 11.4 Å². The number of hydrogen-bond donors (Lipinski definition) is 0. The highest BCUT2D eigenvalue weighted by Crippen LogP contribution is 2.25. The molecule has 1 saturated carbocycles. The van der Waals surface area contributed by atoms with E-state index in [2.05, 4.69) is 10.1 Å². The topological polar surface area (TPSA) is 102 Å². The van der Waals surface area contributed by atoms with Crippen LogP contribution in [0.5, 0.6) is 0 Å². The monoisotopic (exact) mass is 420 g/mol. The van der Waals surface area contributed by atoms with Crippen molar-refractivity contribution in [1.29, 1.82) is 0 Å². The van der Waals surface area contributed by atoms with Crippen molar-refractivity contribution in [2.75, 3.05) is 6.54 Å². The minimum absolute atomic E-state index is 0.0194. The molecule has 0 atom stereocenters. The van der Waals surface area contributed by atoms with Gasteiger partial charge in [-0.1, -0.05) is 54.8 Å². The first kappa shape index (κ1) is 20.7. The van der Waals surface area contributed by atoms with Crippen LogP contribution in [-0.4, -0.2) is 38.5 Å². The van der Waals surface area contributed by atoms with Crippen molar-refractivity contribution < 1.29 is 14.2 Å². The lowest BCUT2D eigenvalue weighted by Gasteiger charge is -2.34. The predicted molar refractivity (Wildman–Crippen MR) is 114 cm³/mol. The fraction of sp³-hybridized carbons (Fsp3) is 0.348.